The van der Waals surface area contributed by atoms with Crippen molar-refractivity contribution in [1.82, 2.24) is 9.97 Å². The molecule has 0 saturated heterocycles. The molecule has 0 aliphatic rings. The number of nitrogens with one attached hydrogen (secondary N) is 1. The van der Waals surface area contributed by atoms with Gasteiger partial charge in [0.2, 0.25) is 5.28 Å². The third-order valence-corrected chi connectivity index (χ3v) is 8.11. The fourth-order valence-electron chi connectivity index (χ4n) is 3.32. The summed E-state index contributed by atoms with van der Waals surface area (Å²) in [5, 5.41) is 11.2. The Bertz CT molecular complexity index is 942. The van der Waals surface area contributed by atoms with E-state index in [1.165, 1.54) is 6.20 Å². The number of hydrogen-bond donors (Lipinski definition) is 2. The minimum Gasteiger partial charge on any atom is -0.479 e. The van der Waals surface area contributed by atoms with Gasteiger partial charge in [-0.25, -0.2) is 14.8 Å². The van der Waals surface area contributed by atoms with Gasteiger partial charge in [0.15, 0.2) is 0 Å². The maximum atomic E-state index is 13.9. The van der Waals surface area contributed by atoms with Crippen molar-refractivity contribution in [3.8, 4) is 0 Å². The second-order valence-corrected chi connectivity index (χ2v) is 10.9. The van der Waals surface area contributed by atoms with Crippen molar-refractivity contribution < 1.29 is 23.5 Å². The molecule has 2 rings (SSSR count). The number of benzene rings is 1. The molecule has 8 nitrogen and oxygen atoms in total. The second-order valence-electron chi connectivity index (χ2n) is 7.87. The van der Waals surface area contributed by atoms with Gasteiger partial charge in [0.05, 0.1) is 25.1 Å². The van der Waals surface area contributed by atoms with Gasteiger partial charge in [-0.1, -0.05) is 51.1 Å². The van der Waals surface area contributed by atoms with Crippen molar-refractivity contribution >= 4 is 35.3 Å². The number of nitrogens with zero attached hydrogens (tertiary/aromatic N) is 2. The average molecular weight is 514 g/mol. The van der Waals surface area contributed by atoms with E-state index in [4.69, 9.17) is 9.05 Å². The molecule has 1 heterocycles. The molecule has 2 N–H and O–H groups in total. The Kier molecular flexibility index (Phi) is 8.39. The van der Waals surface area contributed by atoms with E-state index in [2.05, 4.69) is 31.2 Å². The quantitative estimate of drug-likeness (QED) is 0.409. The van der Waals surface area contributed by atoms with Crippen LogP contribution in [-0.2, 0) is 24.8 Å². The first-order chi connectivity index (χ1) is 14.5. The summed E-state index contributed by atoms with van der Waals surface area (Å²) in [5.74, 6) is -1.16. The number of aliphatic carboxylic acids is 1. The summed E-state index contributed by atoms with van der Waals surface area (Å²) in [6.45, 7) is 8.33. The van der Waals surface area contributed by atoms with E-state index in [0.29, 0.717) is 16.7 Å². The molecule has 0 spiro atoms. The molecule has 1 unspecified atom stereocenters. The number of halogens is 1. The van der Waals surface area contributed by atoms with Gasteiger partial charge in [0.1, 0.15) is 10.4 Å². The van der Waals surface area contributed by atoms with E-state index in [-0.39, 0.29) is 19.0 Å². The monoisotopic (exact) mass is 513 g/mol. The summed E-state index contributed by atoms with van der Waals surface area (Å²) < 4.78 is 25.4. The molecule has 1 aromatic heterocycles. The largest absolute Gasteiger partial charge is 0.479 e. The fraction of sp³-hybridized carbons (Fsp3) is 0.476. The van der Waals surface area contributed by atoms with Gasteiger partial charge in [0.25, 0.3) is 0 Å². The Hall–Kier alpha value is -1.80. The zero-order valence-corrected chi connectivity index (χ0v) is 20.9. The molecule has 0 radical (unpaired) electrons. The van der Waals surface area contributed by atoms with Crippen LogP contribution in [0.15, 0.2) is 41.1 Å². The number of rotatable bonds is 10. The number of carboxylic acids is 1. The van der Waals surface area contributed by atoms with Gasteiger partial charge < -0.3 is 19.5 Å². The van der Waals surface area contributed by atoms with Crippen LogP contribution >= 0.6 is 23.5 Å². The highest BCUT2D eigenvalue weighted by molar-refractivity contribution is 9.10. The van der Waals surface area contributed by atoms with Crippen LogP contribution < -0.4 is 5.32 Å². The molecule has 10 heteroatoms. The molecular formula is C21H29BrN3O5P. The van der Waals surface area contributed by atoms with Crippen LogP contribution in [0.4, 0.5) is 5.82 Å². The van der Waals surface area contributed by atoms with Crippen LogP contribution in [-0.4, -0.2) is 39.5 Å². The Morgan fingerprint density at radius 2 is 1.74 bits per heavy atom. The normalized spacial score (nSPS) is 14.1. The molecule has 170 valence electrons. The van der Waals surface area contributed by atoms with Crippen LogP contribution in [0.3, 0.4) is 0 Å². The molecule has 1 atom stereocenters. The molecule has 0 aliphatic carbocycles. The van der Waals surface area contributed by atoms with Crippen LogP contribution in [0, 0.1) is 5.41 Å². The molecule has 0 fully saturated rings. The van der Waals surface area contributed by atoms with Gasteiger partial charge in [-0.2, -0.15) is 0 Å². The second kappa shape index (κ2) is 10.2. The maximum absolute atomic E-state index is 13.9. The smallest absolute Gasteiger partial charge is 0.367 e. The Labute approximate surface area is 191 Å². The molecule has 0 bridgehead atoms. The van der Waals surface area contributed by atoms with Gasteiger partial charge in [0, 0.05) is 11.8 Å². The van der Waals surface area contributed by atoms with E-state index >= 15 is 0 Å². The predicted molar refractivity (Wildman–Crippen MR) is 123 cm³/mol. The van der Waals surface area contributed by atoms with E-state index in [9.17, 15) is 14.5 Å². The van der Waals surface area contributed by atoms with Crippen molar-refractivity contribution in [2.75, 3.05) is 18.5 Å². The zero-order valence-electron chi connectivity index (χ0n) is 18.4. The first kappa shape index (κ1) is 25.5. The highest BCUT2D eigenvalue weighted by Gasteiger charge is 2.65. The van der Waals surface area contributed by atoms with E-state index in [0.717, 1.165) is 5.56 Å². The predicted octanol–water partition coefficient (Wildman–Crippen LogP) is 5.33. The number of carboxylic acid groups (broad SMARTS) is 1. The lowest BCUT2D eigenvalue weighted by atomic mass is 9.85. The lowest BCUT2D eigenvalue weighted by Gasteiger charge is -2.44. The van der Waals surface area contributed by atoms with Crippen LogP contribution in [0.2, 0.25) is 0 Å². The van der Waals surface area contributed by atoms with Gasteiger partial charge >= 0.3 is 13.6 Å². The van der Waals surface area contributed by atoms with Crippen LogP contribution in [0.5, 0.6) is 0 Å². The lowest BCUT2D eigenvalue weighted by Crippen LogP contribution is -2.57. The van der Waals surface area contributed by atoms with Gasteiger partial charge in [-0.05, 0) is 35.3 Å². The first-order valence-electron chi connectivity index (χ1n) is 9.97. The summed E-state index contributed by atoms with van der Waals surface area (Å²) in [6, 6.07) is 9.59. The molecule has 1 aromatic carbocycles. The summed E-state index contributed by atoms with van der Waals surface area (Å²) in [7, 11) is -4.21. The van der Waals surface area contributed by atoms with Crippen molar-refractivity contribution in [2.45, 2.75) is 46.3 Å². The van der Waals surface area contributed by atoms with E-state index in [1.54, 1.807) is 34.6 Å². The van der Waals surface area contributed by atoms with Crippen molar-refractivity contribution in [3.05, 3.63) is 52.4 Å². The third-order valence-electron chi connectivity index (χ3n) is 4.73. The average Bonchev–Trinajstić information content (AvgIpc) is 2.67. The van der Waals surface area contributed by atoms with E-state index in [1.807, 2.05) is 30.3 Å². The molecular weight excluding hydrogens is 485 g/mol. The highest BCUT2D eigenvalue weighted by atomic mass is 79.9. The van der Waals surface area contributed by atoms with Crippen molar-refractivity contribution in [1.29, 1.82) is 0 Å². The first-order valence-corrected chi connectivity index (χ1v) is 12.3. The number of hydrogen-bond acceptors (Lipinski definition) is 7. The van der Waals surface area contributed by atoms with Crippen LogP contribution in [0.1, 0.15) is 45.9 Å². The Balaban J connectivity index is 2.68. The topological polar surface area (TPSA) is 111 Å². The van der Waals surface area contributed by atoms with Gasteiger partial charge in [-0.3, -0.25) is 4.57 Å². The Morgan fingerprint density at radius 3 is 2.23 bits per heavy atom. The maximum Gasteiger partial charge on any atom is 0.367 e. The highest BCUT2D eigenvalue weighted by Crippen LogP contribution is 2.66. The summed E-state index contributed by atoms with van der Waals surface area (Å²) in [4.78, 5) is 21.6. The van der Waals surface area contributed by atoms with Crippen LogP contribution in [0.25, 0.3) is 0 Å². The summed E-state index contributed by atoms with van der Waals surface area (Å²) in [6.07, 6.45) is 1.85. The standard InChI is InChI=1S/C21H29BrN3O5P/c1-6-29-31(28,30-7-2)21(19(26)27,20(3,4)5)25-18-16(24-17(22)14-23-18)13-15-11-9-8-10-12-15/h8-12,14H,6-7,13H2,1-5H3,(H,23,25)(H,26,27). The molecule has 0 saturated carbocycles. The Morgan fingerprint density at radius 1 is 1.16 bits per heavy atom. The van der Waals surface area contributed by atoms with E-state index < -0.39 is 24.3 Å². The fourth-order valence-corrected chi connectivity index (χ4v) is 6.08. The molecule has 31 heavy (non-hydrogen) atoms. The summed E-state index contributed by atoms with van der Waals surface area (Å²) in [5.41, 5.74) is 0.375. The minimum absolute atomic E-state index is 0.0208. The SMILES string of the molecule is CCOP(=O)(OCC)C(Nc1ncc(Br)nc1Cc1ccccc1)(C(=O)O)C(C)(C)C. The molecule has 0 amide bonds. The lowest BCUT2D eigenvalue weighted by molar-refractivity contribution is -0.143. The van der Waals surface area contributed by atoms with Crippen molar-refractivity contribution in [2.24, 2.45) is 5.41 Å². The van der Waals surface area contributed by atoms with Gasteiger partial charge in [-0.15, -0.1) is 0 Å². The van der Waals surface area contributed by atoms with Crippen molar-refractivity contribution in [3.63, 3.8) is 0 Å². The third kappa shape index (κ3) is 5.34. The minimum atomic E-state index is -4.21. The zero-order chi connectivity index (χ0) is 23.3. The number of carbonyl (C=O) groups is 1. The number of aromatic nitrogens is 2. The molecule has 2 aromatic rings. The number of anilines is 1. The molecule has 0 aliphatic heterocycles. The summed E-state index contributed by atoms with van der Waals surface area (Å²) >= 11 is 3.33.